The molecule has 1 N–H and O–H groups in total. The summed E-state index contributed by atoms with van der Waals surface area (Å²) in [6, 6.07) is 14.2. The van der Waals surface area contributed by atoms with E-state index in [1.54, 1.807) is 34.9 Å². The van der Waals surface area contributed by atoms with Gasteiger partial charge in [-0.1, -0.05) is 29.8 Å². The number of ether oxygens (including phenoxy) is 1. The molecule has 6 nitrogen and oxygen atoms in total. The van der Waals surface area contributed by atoms with E-state index in [1.165, 1.54) is 0 Å². The van der Waals surface area contributed by atoms with Crippen molar-refractivity contribution in [3.8, 4) is 11.6 Å². The first-order chi connectivity index (χ1) is 12.5. The van der Waals surface area contributed by atoms with E-state index in [0.29, 0.717) is 16.2 Å². The number of para-hydroxylation sites is 1. The van der Waals surface area contributed by atoms with Crippen molar-refractivity contribution in [1.29, 1.82) is 0 Å². The molecule has 0 atom stereocenters. The second-order valence-electron chi connectivity index (χ2n) is 5.99. The highest BCUT2D eigenvalue weighted by atomic mass is 35.5. The summed E-state index contributed by atoms with van der Waals surface area (Å²) in [5.41, 5.74) is 0.980. The van der Waals surface area contributed by atoms with E-state index in [9.17, 15) is 9.90 Å². The smallest absolute Gasteiger partial charge is 0.302 e. The van der Waals surface area contributed by atoms with E-state index in [2.05, 4.69) is 10.2 Å². The zero-order valence-corrected chi connectivity index (χ0v) is 15.1. The second kappa shape index (κ2) is 7.58. The molecule has 3 rings (SSSR count). The highest BCUT2D eigenvalue weighted by Gasteiger charge is 2.19. The molecule has 0 aliphatic heterocycles. The number of carbonyl (C=O) groups excluding carboxylic acids is 1. The molecule has 2 aromatic carbocycles. The number of benzene rings is 2. The van der Waals surface area contributed by atoms with Crippen molar-refractivity contribution >= 4 is 34.1 Å². The molecule has 0 unspecified atom stereocenters. The number of azo groups is 1. The third-order valence-electron chi connectivity index (χ3n) is 3.80. The maximum absolute atomic E-state index is 11.9. The summed E-state index contributed by atoms with van der Waals surface area (Å²) in [5, 5.41) is 19.3. The zero-order chi connectivity index (χ0) is 18.7. The molecule has 7 heteroatoms. The number of hydrogen-bond acceptors (Lipinski definition) is 4. The molecule has 1 amide bonds. The van der Waals surface area contributed by atoms with Gasteiger partial charge in [0, 0.05) is 16.5 Å². The fraction of sp³-hybridized carbons (Fsp3) is 0.211. The zero-order valence-electron chi connectivity index (χ0n) is 14.4. The third kappa shape index (κ3) is 3.70. The molecule has 0 aliphatic rings. The quantitative estimate of drug-likeness (QED) is 0.620. The predicted octanol–water partition coefficient (Wildman–Crippen LogP) is 5.27. The topological polar surface area (TPSA) is 76.2 Å². The number of rotatable bonds is 5. The van der Waals surface area contributed by atoms with Crippen LogP contribution in [0.2, 0.25) is 5.02 Å². The highest BCUT2D eigenvalue weighted by Crippen LogP contribution is 2.41. The van der Waals surface area contributed by atoms with Gasteiger partial charge in [0.25, 0.3) is 0 Å². The van der Waals surface area contributed by atoms with Gasteiger partial charge in [-0.3, -0.25) is 4.79 Å². The first-order valence-electron chi connectivity index (χ1n) is 8.12. The van der Waals surface area contributed by atoms with Crippen molar-refractivity contribution < 1.29 is 14.6 Å². The van der Waals surface area contributed by atoms with Gasteiger partial charge in [-0.15, -0.1) is 10.2 Å². The lowest BCUT2D eigenvalue weighted by Crippen LogP contribution is -2.07. The Morgan fingerprint density at radius 2 is 1.96 bits per heavy atom. The van der Waals surface area contributed by atoms with Crippen molar-refractivity contribution in [1.82, 2.24) is 4.57 Å². The number of aromatic nitrogens is 1. The van der Waals surface area contributed by atoms with Crippen LogP contribution in [0.15, 0.2) is 58.8 Å². The molecule has 134 valence electrons. The van der Waals surface area contributed by atoms with Gasteiger partial charge in [-0.25, -0.2) is 0 Å². The van der Waals surface area contributed by atoms with E-state index >= 15 is 0 Å². The van der Waals surface area contributed by atoms with Crippen LogP contribution in [0.4, 0.5) is 5.69 Å². The molecule has 0 bridgehead atoms. The van der Waals surface area contributed by atoms with Crippen LogP contribution in [0.1, 0.15) is 19.9 Å². The summed E-state index contributed by atoms with van der Waals surface area (Å²) in [4.78, 5) is 11.9. The SMILES string of the molecule is CC(C)n1c(O)c(N=NC(=O)COc2ccccc2)c2cc(Cl)ccc21. The summed E-state index contributed by atoms with van der Waals surface area (Å²) in [7, 11) is 0. The van der Waals surface area contributed by atoms with Crippen molar-refractivity contribution in [3.63, 3.8) is 0 Å². The van der Waals surface area contributed by atoms with Gasteiger partial charge < -0.3 is 14.4 Å². The molecule has 1 aromatic heterocycles. The highest BCUT2D eigenvalue weighted by molar-refractivity contribution is 6.31. The number of halogens is 1. The van der Waals surface area contributed by atoms with Crippen LogP contribution in [0.3, 0.4) is 0 Å². The fourth-order valence-electron chi connectivity index (χ4n) is 2.67. The van der Waals surface area contributed by atoms with Gasteiger partial charge >= 0.3 is 5.91 Å². The van der Waals surface area contributed by atoms with E-state index in [0.717, 1.165) is 5.52 Å². The number of fused-ring (bicyclic) bond motifs is 1. The molecular formula is C19H18ClN3O3. The van der Waals surface area contributed by atoms with Crippen molar-refractivity contribution in [2.24, 2.45) is 10.2 Å². The Balaban J connectivity index is 1.85. The standard InChI is InChI=1S/C19H18ClN3O3/c1-12(2)23-16-9-8-13(20)10-15(16)18(19(23)25)22-21-17(24)11-26-14-6-4-3-5-7-14/h3-10,12,25H,11H2,1-2H3. The molecule has 0 fully saturated rings. The van der Waals surface area contributed by atoms with Crippen LogP contribution in [0, 0.1) is 0 Å². The van der Waals surface area contributed by atoms with Crippen molar-refractivity contribution in [2.45, 2.75) is 19.9 Å². The number of carbonyl (C=O) groups is 1. The largest absolute Gasteiger partial charge is 0.493 e. The van der Waals surface area contributed by atoms with E-state index in [1.807, 2.05) is 32.0 Å². The van der Waals surface area contributed by atoms with Crippen LogP contribution >= 0.6 is 11.6 Å². The van der Waals surface area contributed by atoms with Gasteiger partial charge in [0.05, 0.1) is 5.52 Å². The Morgan fingerprint density at radius 1 is 1.23 bits per heavy atom. The Morgan fingerprint density at radius 3 is 2.65 bits per heavy atom. The van der Waals surface area contributed by atoms with Gasteiger partial charge in [-0.05, 0) is 44.2 Å². The molecule has 0 saturated carbocycles. The second-order valence-corrected chi connectivity index (χ2v) is 6.43. The van der Waals surface area contributed by atoms with Crippen LogP contribution in [-0.2, 0) is 4.79 Å². The summed E-state index contributed by atoms with van der Waals surface area (Å²) in [5.74, 6) is -0.0411. The average molecular weight is 372 g/mol. The third-order valence-corrected chi connectivity index (χ3v) is 4.03. The molecule has 3 aromatic rings. The minimum Gasteiger partial charge on any atom is -0.493 e. The summed E-state index contributed by atoms with van der Waals surface area (Å²) >= 11 is 6.06. The minimum atomic E-state index is -0.555. The summed E-state index contributed by atoms with van der Waals surface area (Å²) in [6.07, 6.45) is 0. The number of aromatic hydroxyl groups is 1. The molecule has 0 aliphatic carbocycles. The maximum Gasteiger partial charge on any atom is 0.302 e. The number of amides is 1. The van der Waals surface area contributed by atoms with Gasteiger partial charge in [0.15, 0.2) is 12.3 Å². The summed E-state index contributed by atoms with van der Waals surface area (Å²) in [6.45, 7) is 3.64. The molecule has 1 heterocycles. The maximum atomic E-state index is 11.9. The van der Waals surface area contributed by atoms with Crippen LogP contribution in [0.25, 0.3) is 10.9 Å². The lowest BCUT2D eigenvalue weighted by molar-refractivity contribution is -0.120. The van der Waals surface area contributed by atoms with Crippen molar-refractivity contribution in [3.05, 3.63) is 53.6 Å². The molecular weight excluding hydrogens is 354 g/mol. The lowest BCUT2D eigenvalue weighted by atomic mass is 10.2. The molecule has 0 radical (unpaired) electrons. The van der Waals surface area contributed by atoms with E-state index in [4.69, 9.17) is 16.3 Å². The van der Waals surface area contributed by atoms with E-state index in [-0.39, 0.29) is 24.2 Å². The number of hydrogen-bond donors (Lipinski definition) is 1. The first-order valence-corrected chi connectivity index (χ1v) is 8.50. The van der Waals surface area contributed by atoms with Gasteiger partial charge in [0.1, 0.15) is 5.75 Å². The minimum absolute atomic E-state index is 0.000240. The average Bonchev–Trinajstić information content (AvgIpc) is 2.90. The molecule has 26 heavy (non-hydrogen) atoms. The lowest BCUT2D eigenvalue weighted by Gasteiger charge is -2.10. The Hall–Kier alpha value is -2.86. The van der Waals surface area contributed by atoms with Crippen LogP contribution in [-0.4, -0.2) is 22.2 Å². The summed E-state index contributed by atoms with van der Waals surface area (Å²) < 4.78 is 7.06. The Labute approximate surface area is 155 Å². The Bertz CT molecular complexity index is 965. The van der Waals surface area contributed by atoms with Crippen LogP contribution < -0.4 is 4.74 Å². The first kappa shape index (κ1) is 17.9. The van der Waals surface area contributed by atoms with Gasteiger partial charge in [-0.2, -0.15) is 0 Å². The number of nitrogens with zero attached hydrogens (tertiary/aromatic N) is 3. The van der Waals surface area contributed by atoms with Gasteiger partial charge in [0.2, 0.25) is 5.88 Å². The predicted molar refractivity (Wildman–Crippen MR) is 100 cm³/mol. The molecule has 0 spiro atoms. The Kier molecular flexibility index (Phi) is 5.23. The van der Waals surface area contributed by atoms with Crippen LogP contribution in [0.5, 0.6) is 11.6 Å². The van der Waals surface area contributed by atoms with E-state index < -0.39 is 5.91 Å². The normalized spacial score (nSPS) is 11.5. The van der Waals surface area contributed by atoms with Crippen molar-refractivity contribution in [2.75, 3.05) is 6.61 Å². The monoisotopic (exact) mass is 371 g/mol. The molecule has 0 saturated heterocycles. The fourth-order valence-corrected chi connectivity index (χ4v) is 2.85.